The highest BCUT2D eigenvalue weighted by atomic mass is 16.6. The molecular weight excluding hydrogens is 270 g/mol. The van der Waals surface area contributed by atoms with Gasteiger partial charge < -0.3 is 9.88 Å². The average molecular weight is 287 g/mol. The van der Waals surface area contributed by atoms with Crippen LogP contribution in [0.25, 0.3) is 0 Å². The molecule has 0 radical (unpaired) electrons. The van der Waals surface area contributed by atoms with Crippen molar-refractivity contribution in [3.05, 3.63) is 46.2 Å². The van der Waals surface area contributed by atoms with Crippen LogP contribution in [0.3, 0.4) is 0 Å². The van der Waals surface area contributed by atoms with E-state index in [1.165, 1.54) is 18.9 Å². The van der Waals surface area contributed by atoms with E-state index in [0.717, 1.165) is 30.9 Å². The third kappa shape index (κ3) is 3.01. The lowest BCUT2D eigenvalue weighted by Gasteiger charge is -2.11. The predicted octanol–water partition coefficient (Wildman–Crippen LogP) is 2.18. The smallest absolute Gasteiger partial charge is 0.311 e. The van der Waals surface area contributed by atoms with E-state index in [1.54, 1.807) is 12.3 Å². The number of nitro groups is 1. The number of aromatic nitrogens is 3. The lowest BCUT2D eigenvalue weighted by Crippen LogP contribution is -2.09. The maximum Gasteiger partial charge on any atom is 0.311 e. The zero-order valence-corrected chi connectivity index (χ0v) is 11.7. The second-order valence-electron chi connectivity index (χ2n) is 5.10. The van der Waals surface area contributed by atoms with Gasteiger partial charge in [0.25, 0.3) is 0 Å². The van der Waals surface area contributed by atoms with Gasteiger partial charge >= 0.3 is 5.69 Å². The van der Waals surface area contributed by atoms with Crippen LogP contribution < -0.4 is 5.32 Å². The minimum absolute atomic E-state index is 0.00151. The van der Waals surface area contributed by atoms with Crippen LogP contribution in [0.15, 0.2) is 24.5 Å². The van der Waals surface area contributed by atoms with E-state index in [4.69, 9.17) is 0 Å². The molecule has 0 aromatic carbocycles. The summed E-state index contributed by atoms with van der Waals surface area (Å²) in [6.45, 7) is 1.62. The molecule has 3 heterocycles. The average Bonchev–Trinajstić information content (AvgIpc) is 2.90. The normalized spacial score (nSPS) is 13.7. The first-order valence-corrected chi connectivity index (χ1v) is 7.12. The third-order valence-corrected chi connectivity index (χ3v) is 3.62. The number of anilines is 1. The minimum atomic E-state index is -0.426. The summed E-state index contributed by atoms with van der Waals surface area (Å²) in [7, 11) is 0. The van der Waals surface area contributed by atoms with Crippen LogP contribution in [0.1, 0.15) is 24.4 Å². The Morgan fingerprint density at radius 2 is 2.33 bits per heavy atom. The number of aryl methyl sites for hydroxylation is 2. The summed E-state index contributed by atoms with van der Waals surface area (Å²) in [6, 6.07) is 3.01. The lowest BCUT2D eigenvalue weighted by atomic mass is 10.2. The van der Waals surface area contributed by atoms with E-state index in [2.05, 4.69) is 26.0 Å². The lowest BCUT2D eigenvalue weighted by molar-refractivity contribution is -0.384. The summed E-state index contributed by atoms with van der Waals surface area (Å²) >= 11 is 0. The van der Waals surface area contributed by atoms with Gasteiger partial charge in [-0.05, 0) is 18.9 Å². The first-order valence-electron chi connectivity index (χ1n) is 7.12. The van der Waals surface area contributed by atoms with Crippen molar-refractivity contribution in [2.24, 2.45) is 0 Å². The van der Waals surface area contributed by atoms with Gasteiger partial charge in [0.1, 0.15) is 5.82 Å². The van der Waals surface area contributed by atoms with Crippen molar-refractivity contribution < 1.29 is 4.92 Å². The van der Waals surface area contributed by atoms with Crippen molar-refractivity contribution in [1.82, 2.24) is 14.5 Å². The van der Waals surface area contributed by atoms with Crippen LogP contribution >= 0.6 is 0 Å². The minimum Gasteiger partial charge on any atom is -0.364 e. The molecule has 0 spiro atoms. The van der Waals surface area contributed by atoms with E-state index < -0.39 is 4.92 Å². The van der Waals surface area contributed by atoms with Crippen LogP contribution in [0.2, 0.25) is 0 Å². The molecule has 0 atom stereocenters. The maximum absolute atomic E-state index is 10.9. The molecule has 0 aliphatic carbocycles. The van der Waals surface area contributed by atoms with E-state index in [0.29, 0.717) is 12.4 Å². The first-order chi connectivity index (χ1) is 10.2. The number of hydrogen-bond donors (Lipinski definition) is 1. The molecule has 0 amide bonds. The fraction of sp³-hybridized carbons (Fsp3) is 0.429. The number of fused-ring (bicyclic) bond motifs is 1. The van der Waals surface area contributed by atoms with Crippen LogP contribution in [0, 0.1) is 10.1 Å². The topological polar surface area (TPSA) is 85.9 Å². The van der Waals surface area contributed by atoms with Crippen LogP contribution in [-0.4, -0.2) is 26.0 Å². The van der Waals surface area contributed by atoms with Crippen molar-refractivity contribution in [1.29, 1.82) is 0 Å². The molecule has 21 heavy (non-hydrogen) atoms. The molecule has 1 N–H and O–H groups in total. The number of pyridine rings is 1. The molecule has 1 aliphatic heterocycles. The summed E-state index contributed by atoms with van der Waals surface area (Å²) in [5, 5.41) is 13.9. The molecule has 7 nitrogen and oxygen atoms in total. The van der Waals surface area contributed by atoms with Gasteiger partial charge in [-0.1, -0.05) is 0 Å². The number of hydrogen-bond acceptors (Lipinski definition) is 5. The number of imidazole rings is 1. The highest BCUT2D eigenvalue weighted by molar-refractivity contribution is 5.55. The van der Waals surface area contributed by atoms with E-state index in [-0.39, 0.29) is 5.69 Å². The zero-order valence-electron chi connectivity index (χ0n) is 11.7. The second-order valence-corrected chi connectivity index (χ2v) is 5.10. The number of nitrogens with zero attached hydrogens (tertiary/aromatic N) is 4. The van der Waals surface area contributed by atoms with Gasteiger partial charge in [-0.25, -0.2) is 9.97 Å². The molecule has 3 rings (SSSR count). The largest absolute Gasteiger partial charge is 0.364 e. The summed E-state index contributed by atoms with van der Waals surface area (Å²) in [5.41, 5.74) is 1.03. The number of rotatable bonds is 5. The Hall–Kier alpha value is -2.44. The van der Waals surface area contributed by atoms with Gasteiger partial charge in [0.15, 0.2) is 0 Å². The van der Waals surface area contributed by atoms with Crippen LogP contribution in [-0.2, 0) is 19.4 Å². The highest BCUT2D eigenvalue weighted by Crippen LogP contribution is 2.20. The van der Waals surface area contributed by atoms with Gasteiger partial charge in [-0.3, -0.25) is 10.1 Å². The summed E-state index contributed by atoms with van der Waals surface area (Å²) in [6.07, 6.45) is 7.82. The standard InChI is InChI=1S/C14H17N5O2/c20-19(21)12-4-3-7-15-14(12)16-8-6-11-10-18-9-2-1-5-13(18)17-11/h3-4,7,10H,1-2,5-6,8-9H2,(H,15,16). The SMILES string of the molecule is O=[N+]([O-])c1cccnc1NCCc1cn2c(n1)CCCC2. The van der Waals surface area contributed by atoms with Crippen molar-refractivity contribution >= 4 is 11.5 Å². The Kier molecular flexibility index (Phi) is 3.81. The molecule has 0 unspecified atom stereocenters. The Balaban J connectivity index is 1.61. The van der Waals surface area contributed by atoms with E-state index in [9.17, 15) is 10.1 Å². The van der Waals surface area contributed by atoms with Gasteiger partial charge in [0, 0.05) is 44.4 Å². The maximum atomic E-state index is 10.9. The first kappa shape index (κ1) is 13.5. The fourth-order valence-electron chi connectivity index (χ4n) is 2.58. The molecule has 1 aliphatic rings. The molecule has 0 fully saturated rings. The summed E-state index contributed by atoms with van der Waals surface area (Å²) in [5.74, 6) is 1.46. The predicted molar refractivity (Wildman–Crippen MR) is 78.3 cm³/mol. The van der Waals surface area contributed by atoms with Crippen molar-refractivity contribution in [3.63, 3.8) is 0 Å². The number of nitrogens with one attached hydrogen (secondary N) is 1. The Morgan fingerprint density at radius 1 is 1.43 bits per heavy atom. The third-order valence-electron chi connectivity index (χ3n) is 3.62. The molecule has 0 saturated carbocycles. The van der Waals surface area contributed by atoms with Gasteiger partial charge in [0.2, 0.25) is 5.82 Å². The van der Waals surface area contributed by atoms with Gasteiger partial charge in [-0.2, -0.15) is 0 Å². The molecule has 0 saturated heterocycles. The monoisotopic (exact) mass is 287 g/mol. The van der Waals surface area contributed by atoms with Crippen LogP contribution in [0.4, 0.5) is 11.5 Å². The summed E-state index contributed by atoms with van der Waals surface area (Å²) < 4.78 is 2.21. The molecular formula is C14H17N5O2. The summed E-state index contributed by atoms with van der Waals surface area (Å²) in [4.78, 5) is 19.1. The van der Waals surface area contributed by atoms with Crippen molar-refractivity contribution in [3.8, 4) is 0 Å². The second kappa shape index (κ2) is 5.90. The Morgan fingerprint density at radius 3 is 3.14 bits per heavy atom. The Bertz CT molecular complexity index is 629. The molecule has 7 heteroatoms. The van der Waals surface area contributed by atoms with E-state index in [1.807, 2.05) is 0 Å². The quantitative estimate of drug-likeness (QED) is 0.673. The molecule has 2 aromatic rings. The Labute approximate surface area is 122 Å². The van der Waals surface area contributed by atoms with E-state index >= 15 is 0 Å². The van der Waals surface area contributed by atoms with Gasteiger partial charge in [0.05, 0.1) is 10.6 Å². The zero-order chi connectivity index (χ0) is 14.7. The van der Waals surface area contributed by atoms with Crippen molar-refractivity contribution in [2.75, 3.05) is 11.9 Å². The molecule has 2 aromatic heterocycles. The van der Waals surface area contributed by atoms with Gasteiger partial charge in [-0.15, -0.1) is 0 Å². The van der Waals surface area contributed by atoms with Crippen LogP contribution in [0.5, 0.6) is 0 Å². The molecule has 110 valence electrons. The van der Waals surface area contributed by atoms with Crippen molar-refractivity contribution in [2.45, 2.75) is 32.2 Å². The molecule has 0 bridgehead atoms. The highest BCUT2D eigenvalue weighted by Gasteiger charge is 2.14. The fourth-order valence-corrected chi connectivity index (χ4v) is 2.58.